The van der Waals surface area contributed by atoms with Gasteiger partial charge in [0.15, 0.2) is 0 Å². The Morgan fingerprint density at radius 2 is 1.95 bits per heavy atom. The van der Waals surface area contributed by atoms with E-state index in [1.807, 2.05) is 0 Å². The van der Waals surface area contributed by atoms with Gasteiger partial charge in [-0.15, -0.1) is 0 Å². The van der Waals surface area contributed by atoms with Crippen LogP contribution in [0.15, 0.2) is 22.7 Å². The molecule has 0 spiro atoms. The van der Waals surface area contributed by atoms with Gasteiger partial charge in [-0.1, -0.05) is 15.9 Å². The van der Waals surface area contributed by atoms with Crippen LogP contribution in [0.3, 0.4) is 0 Å². The minimum atomic E-state index is -4.50. The molecule has 0 saturated carbocycles. The van der Waals surface area contributed by atoms with Crippen molar-refractivity contribution in [2.45, 2.75) is 19.0 Å². The third kappa shape index (κ3) is 3.73. The molecule has 1 aliphatic rings. The van der Waals surface area contributed by atoms with E-state index in [1.165, 1.54) is 12.1 Å². The van der Waals surface area contributed by atoms with Crippen molar-refractivity contribution in [1.29, 1.82) is 0 Å². The van der Waals surface area contributed by atoms with Crippen molar-refractivity contribution in [3.63, 3.8) is 0 Å². The Balaban J connectivity index is 2.18. The van der Waals surface area contributed by atoms with Gasteiger partial charge in [0.25, 0.3) is 0 Å². The lowest BCUT2D eigenvalue weighted by atomic mass is 9.97. The van der Waals surface area contributed by atoms with E-state index in [0.29, 0.717) is 30.4 Å². The molecule has 2 rings (SSSR count). The third-order valence-electron chi connectivity index (χ3n) is 3.25. The molecule has 1 fully saturated rings. The highest BCUT2D eigenvalue weighted by Crippen LogP contribution is 2.36. The summed E-state index contributed by atoms with van der Waals surface area (Å²) in [6.45, 7) is 1.43. The minimum absolute atomic E-state index is 0.191. The standard InChI is InChI=1S/C13H14BrF3N2O/c14-9-1-2-11(10(7-9)13(15,16)17)19-12(20)8-3-5-18-6-4-8/h1-2,7-8,18H,3-6H2,(H,19,20). The van der Waals surface area contributed by atoms with Gasteiger partial charge in [-0.2, -0.15) is 13.2 Å². The van der Waals surface area contributed by atoms with Gasteiger partial charge in [-0.25, -0.2) is 0 Å². The van der Waals surface area contributed by atoms with Crippen molar-refractivity contribution in [2.75, 3.05) is 18.4 Å². The second kappa shape index (κ2) is 6.13. The van der Waals surface area contributed by atoms with Crippen molar-refractivity contribution in [3.8, 4) is 0 Å². The summed E-state index contributed by atoms with van der Waals surface area (Å²) in [6.07, 6.45) is -3.21. The first kappa shape index (κ1) is 15.3. The van der Waals surface area contributed by atoms with Crippen LogP contribution in [-0.2, 0) is 11.0 Å². The van der Waals surface area contributed by atoms with Crippen LogP contribution in [0.25, 0.3) is 0 Å². The molecule has 1 saturated heterocycles. The lowest BCUT2D eigenvalue weighted by Crippen LogP contribution is -2.35. The molecule has 110 valence electrons. The quantitative estimate of drug-likeness (QED) is 0.858. The Bertz CT molecular complexity index is 499. The third-order valence-corrected chi connectivity index (χ3v) is 3.75. The van der Waals surface area contributed by atoms with Crippen molar-refractivity contribution in [3.05, 3.63) is 28.2 Å². The summed E-state index contributed by atoms with van der Waals surface area (Å²) in [7, 11) is 0. The molecule has 7 heteroatoms. The fourth-order valence-corrected chi connectivity index (χ4v) is 2.54. The van der Waals surface area contributed by atoms with Gasteiger partial charge in [0.05, 0.1) is 11.3 Å². The Morgan fingerprint density at radius 3 is 2.55 bits per heavy atom. The highest BCUT2D eigenvalue weighted by molar-refractivity contribution is 9.10. The van der Waals surface area contributed by atoms with Gasteiger partial charge >= 0.3 is 6.18 Å². The number of halogens is 4. The van der Waals surface area contributed by atoms with Gasteiger partial charge in [0.2, 0.25) is 5.91 Å². The zero-order valence-corrected chi connectivity index (χ0v) is 12.1. The predicted octanol–water partition coefficient (Wildman–Crippen LogP) is 3.41. The summed E-state index contributed by atoms with van der Waals surface area (Å²) in [4.78, 5) is 12.0. The summed E-state index contributed by atoms with van der Waals surface area (Å²) in [5, 5.41) is 5.52. The average molecular weight is 351 g/mol. The van der Waals surface area contributed by atoms with Gasteiger partial charge in [-0.05, 0) is 44.1 Å². The zero-order chi connectivity index (χ0) is 14.8. The number of alkyl halides is 3. The zero-order valence-electron chi connectivity index (χ0n) is 10.6. The number of piperidine rings is 1. The van der Waals surface area contributed by atoms with E-state index < -0.39 is 11.7 Å². The first-order chi connectivity index (χ1) is 9.38. The van der Waals surface area contributed by atoms with Gasteiger partial charge in [-0.3, -0.25) is 4.79 Å². The van der Waals surface area contributed by atoms with E-state index in [2.05, 4.69) is 26.6 Å². The summed E-state index contributed by atoms with van der Waals surface area (Å²) in [5.74, 6) is -0.583. The van der Waals surface area contributed by atoms with Crippen LogP contribution >= 0.6 is 15.9 Å². The predicted molar refractivity (Wildman–Crippen MR) is 73.4 cm³/mol. The summed E-state index contributed by atoms with van der Waals surface area (Å²) in [6, 6.07) is 3.72. The number of carbonyl (C=O) groups is 1. The number of anilines is 1. The fraction of sp³-hybridized carbons (Fsp3) is 0.462. The van der Waals surface area contributed by atoms with E-state index in [4.69, 9.17) is 0 Å². The Hall–Kier alpha value is -1.08. The average Bonchev–Trinajstić information content (AvgIpc) is 2.40. The van der Waals surface area contributed by atoms with Crippen molar-refractivity contribution in [2.24, 2.45) is 5.92 Å². The van der Waals surface area contributed by atoms with Crippen molar-refractivity contribution < 1.29 is 18.0 Å². The molecule has 2 N–H and O–H groups in total. The SMILES string of the molecule is O=C(Nc1ccc(Br)cc1C(F)(F)F)C1CCNCC1. The molecule has 1 aliphatic heterocycles. The van der Waals surface area contributed by atoms with Crippen LogP contribution in [0.2, 0.25) is 0 Å². The minimum Gasteiger partial charge on any atom is -0.325 e. The molecule has 0 unspecified atom stereocenters. The number of carbonyl (C=O) groups excluding carboxylic acids is 1. The maximum Gasteiger partial charge on any atom is 0.418 e. The van der Waals surface area contributed by atoms with Gasteiger partial charge in [0, 0.05) is 10.4 Å². The van der Waals surface area contributed by atoms with Crippen LogP contribution in [-0.4, -0.2) is 19.0 Å². The van der Waals surface area contributed by atoms with Crippen LogP contribution in [0, 0.1) is 5.92 Å². The molecular formula is C13H14BrF3N2O. The first-order valence-corrected chi connectivity index (χ1v) is 7.05. The lowest BCUT2D eigenvalue weighted by Gasteiger charge is -2.22. The molecule has 0 aromatic heterocycles. The van der Waals surface area contributed by atoms with Crippen LogP contribution in [0.1, 0.15) is 18.4 Å². The molecule has 0 aliphatic carbocycles. The Kier molecular flexibility index (Phi) is 4.70. The van der Waals surface area contributed by atoms with Gasteiger partial charge in [0.1, 0.15) is 0 Å². The lowest BCUT2D eigenvalue weighted by molar-refractivity contribution is -0.137. The molecular weight excluding hydrogens is 337 g/mol. The molecule has 1 aromatic rings. The van der Waals surface area contributed by atoms with Crippen LogP contribution < -0.4 is 10.6 Å². The van der Waals surface area contributed by atoms with E-state index >= 15 is 0 Å². The molecule has 0 radical (unpaired) electrons. The van der Waals surface area contributed by atoms with Gasteiger partial charge < -0.3 is 10.6 Å². The van der Waals surface area contributed by atoms with E-state index in [1.54, 1.807) is 0 Å². The smallest absolute Gasteiger partial charge is 0.325 e. The van der Waals surface area contributed by atoms with E-state index in [-0.39, 0.29) is 17.5 Å². The molecule has 1 heterocycles. The number of nitrogens with one attached hydrogen (secondary N) is 2. The van der Waals surface area contributed by atoms with Crippen molar-refractivity contribution >= 4 is 27.5 Å². The number of amides is 1. The Morgan fingerprint density at radius 1 is 1.30 bits per heavy atom. The Labute approximate surface area is 123 Å². The summed E-state index contributed by atoms with van der Waals surface area (Å²) in [5.41, 5.74) is -1.03. The highest BCUT2D eigenvalue weighted by Gasteiger charge is 2.34. The first-order valence-electron chi connectivity index (χ1n) is 6.26. The number of hydrogen-bond acceptors (Lipinski definition) is 2. The van der Waals surface area contributed by atoms with Crippen LogP contribution in [0.5, 0.6) is 0 Å². The molecule has 20 heavy (non-hydrogen) atoms. The molecule has 3 nitrogen and oxygen atoms in total. The van der Waals surface area contributed by atoms with Crippen LogP contribution in [0.4, 0.5) is 18.9 Å². The number of rotatable bonds is 2. The second-order valence-corrected chi connectivity index (χ2v) is 5.62. The van der Waals surface area contributed by atoms with Crippen molar-refractivity contribution in [1.82, 2.24) is 5.32 Å². The molecule has 1 amide bonds. The monoisotopic (exact) mass is 350 g/mol. The molecule has 1 aromatic carbocycles. The normalized spacial score (nSPS) is 17.0. The molecule has 0 bridgehead atoms. The maximum atomic E-state index is 12.9. The maximum absolute atomic E-state index is 12.9. The summed E-state index contributed by atoms with van der Waals surface area (Å²) >= 11 is 3.01. The topological polar surface area (TPSA) is 41.1 Å². The van der Waals surface area contributed by atoms with E-state index in [9.17, 15) is 18.0 Å². The summed E-state index contributed by atoms with van der Waals surface area (Å²) < 4.78 is 39.1. The fourth-order valence-electron chi connectivity index (χ4n) is 2.18. The number of hydrogen-bond donors (Lipinski definition) is 2. The largest absolute Gasteiger partial charge is 0.418 e. The highest BCUT2D eigenvalue weighted by atomic mass is 79.9. The number of benzene rings is 1. The molecule has 0 atom stereocenters. The second-order valence-electron chi connectivity index (χ2n) is 4.70. The van der Waals surface area contributed by atoms with E-state index in [0.717, 1.165) is 6.07 Å².